The van der Waals surface area contributed by atoms with Crippen molar-refractivity contribution >= 4 is 40.7 Å². The van der Waals surface area contributed by atoms with Crippen molar-refractivity contribution in [2.75, 3.05) is 11.4 Å². The van der Waals surface area contributed by atoms with E-state index >= 15 is 0 Å². The minimum Gasteiger partial charge on any atom is -0.352 e. The molecule has 2 amide bonds. The van der Waals surface area contributed by atoms with Gasteiger partial charge in [0.05, 0.1) is 16.6 Å². The molecule has 0 bridgehead atoms. The Morgan fingerprint density at radius 3 is 2.75 bits per heavy atom. The van der Waals surface area contributed by atoms with Gasteiger partial charge >= 0.3 is 0 Å². The maximum absolute atomic E-state index is 12.3. The largest absolute Gasteiger partial charge is 0.352 e. The standard InChI is InChI=1S/C17H15Cl2N3O2/c18-13-1-2-14(19)15(8-13)22-10-12(7-16(22)23)17(24)21-9-11-3-5-20-6-4-11/h1-6,8,12H,7,9-10H2,(H,21,24). The summed E-state index contributed by atoms with van der Waals surface area (Å²) < 4.78 is 0. The second-order valence-electron chi connectivity index (χ2n) is 5.57. The first-order valence-electron chi connectivity index (χ1n) is 7.46. The van der Waals surface area contributed by atoms with Gasteiger partial charge in [-0.05, 0) is 35.9 Å². The second-order valence-corrected chi connectivity index (χ2v) is 6.42. The van der Waals surface area contributed by atoms with E-state index in [-0.39, 0.29) is 18.2 Å². The van der Waals surface area contributed by atoms with Crippen LogP contribution in [0.1, 0.15) is 12.0 Å². The molecule has 2 aromatic rings. The number of carbonyl (C=O) groups excluding carboxylic acids is 2. The summed E-state index contributed by atoms with van der Waals surface area (Å²) in [4.78, 5) is 30.0. The van der Waals surface area contributed by atoms with E-state index in [4.69, 9.17) is 23.2 Å². The van der Waals surface area contributed by atoms with Gasteiger partial charge in [-0.3, -0.25) is 14.6 Å². The summed E-state index contributed by atoms with van der Waals surface area (Å²) in [5.41, 5.74) is 1.50. The lowest BCUT2D eigenvalue weighted by molar-refractivity contribution is -0.126. The minimum atomic E-state index is -0.408. The van der Waals surface area contributed by atoms with Crippen LogP contribution in [0.5, 0.6) is 0 Å². The molecule has 1 saturated heterocycles. The molecule has 1 aromatic carbocycles. The predicted octanol–water partition coefficient (Wildman–Crippen LogP) is 3.06. The van der Waals surface area contributed by atoms with E-state index in [1.165, 1.54) is 4.90 Å². The fourth-order valence-electron chi connectivity index (χ4n) is 2.64. The van der Waals surface area contributed by atoms with Crippen molar-refractivity contribution in [3.63, 3.8) is 0 Å². The van der Waals surface area contributed by atoms with Gasteiger partial charge in [-0.25, -0.2) is 0 Å². The lowest BCUT2D eigenvalue weighted by Gasteiger charge is -2.18. The van der Waals surface area contributed by atoms with Crippen molar-refractivity contribution in [2.24, 2.45) is 5.92 Å². The van der Waals surface area contributed by atoms with Crippen LogP contribution in [-0.2, 0) is 16.1 Å². The van der Waals surface area contributed by atoms with Crippen LogP contribution in [-0.4, -0.2) is 23.3 Å². The fourth-order valence-corrected chi connectivity index (χ4v) is 3.03. The van der Waals surface area contributed by atoms with E-state index in [1.54, 1.807) is 30.6 Å². The van der Waals surface area contributed by atoms with Gasteiger partial charge in [0.25, 0.3) is 0 Å². The molecule has 5 nitrogen and oxygen atoms in total. The molecule has 1 aromatic heterocycles. The number of pyridine rings is 1. The van der Waals surface area contributed by atoms with Crippen LogP contribution in [0.3, 0.4) is 0 Å². The van der Waals surface area contributed by atoms with E-state index in [9.17, 15) is 9.59 Å². The quantitative estimate of drug-likeness (QED) is 0.907. The smallest absolute Gasteiger partial charge is 0.227 e. The van der Waals surface area contributed by atoms with Gasteiger partial charge in [-0.15, -0.1) is 0 Å². The van der Waals surface area contributed by atoms with Crippen LogP contribution in [0.4, 0.5) is 5.69 Å². The number of amides is 2. The monoisotopic (exact) mass is 363 g/mol. The van der Waals surface area contributed by atoms with E-state index in [0.29, 0.717) is 28.8 Å². The molecule has 0 saturated carbocycles. The van der Waals surface area contributed by atoms with Gasteiger partial charge in [0, 0.05) is 36.9 Å². The average Bonchev–Trinajstić information content (AvgIpc) is 2.97. The van der Waals surface area contributed by atoms with Gasteiger partial charge in [-0.1, -0.05) is 23.2 Å². The number of rotatable bonds is 4. The number of hydrogen-bond donors (Lipinski definition) is 1. The van der Waals surface area contributed by atoms with E-state index in [1.807, 2.05) is 12.1 Å². The number of nitrogens with one attached hydrogen (secondary N) is 1. The van der Waals surface area contributed by atoms with Gasteiger partial charge in [-0.2, -0.15) is 0 Å². The summed E-state index contributed by atoms with van der Waals surface area (Å²) >= 11 is 12.1. The van der Waals surface area contributed by atoms with E-state index in [0.717, 1.165) is 5.56 Å². The number of anilines is 1. The summed E-state index contributed by atoms with van der Waals surface area (Å²) in [7, 11) is 0. The van der Waals surface area contributed by atoms with Gasteiger partial charge in [0.15, 0.2) is 0 Å². The molecule has 1 N–H and O–H groups in total. The third kappa shape index (κ3) is 3.68. The van der Waals surface area contributed by atoms with Gasteiger partial charge in [0.1, 0.15) is 0 Å². The zero-order chi connectivity index (χ0) is 17.1. The third-order valence-electron chi connectivity index (χ3n) is 3.91. The predicted molar refractivity (Wildman–Crippen MR) is 93.0 cm³/mol. The van der Waals surface area contributed by atoms with E-state index < -0.39 is 5.92 Å². The first kappa shape index (κ1) is 16.7. The molecule has 0 spiro atoms. The summed E-state index contributed by atoms with van der Waals surface area (Å²) in [6, 6.07) is 8.60. The second kappa shape index (κ2) is 7.20. The Balaban J connectivity index is 1.66. The Hall–Kier alpha value is -2.11. The summed E-state index contributed by atoms with van der Waals surface area (Å²) in [6.45, 7) is 0.699. The Morgan fingerprint density at radius 2 is 2.00 bits per heavy atom. The lowest BCUT2D eigenvalue weighted by Crippen LogP contribution is -2.32. The number of nitrogens with zero attached hydrogens (tertiary/aromatic N) is 2. The first-order valence-corrected chi connectivity index (χ1v) is 8.22. The fraction of sp³-hybridized carbons (Fsp3) is 0.235. The SMILES string of the molecule is O=C(NCc1ccncc1)C1CC(=O)N(c2cc(Cl)ccc2Cl)C1. The Morgan fingerprint density at radius 1 is 1.25 bits per heavy atom. The lowest BCUT2D eigenvalue weighted by atomic mass is 10.1. The number of halogens is 2. The zero-order valence-electron chi connectivity index (χ0n) is 12.7. The Kier molecular flexibility index (Phi) is 5.02. The molecule has 1 aliphatic rings. The van der Waals surface area contributed by atoms with E-state index in [2.05, 4.69) is 10.3 Å². The number of benzene rings is 1. The summed E-state index contributed by atoms with van der Waals surface area (Å²) in [5, 5.41) is 3.78. The molecule has 1 fully saturated rings. The summed E-state index contributed by atoms with van der Waals surface area (Å²) in [6.07, 6.45) is 3.50. The van der Waals surface area contributed by atoms with Crippen molar-refractivity contribution in [3.8, 4) is 0 Å². The molecule has 2 heterocycles. The first-order chi connectivity index (χ1) is 11.5. The molecule has 0 aliphatic carbocycles. The van der Waals surface area contributed by atoms with Gasteiger partial charge < -0.3 is 10.2 Å². The number of carbonyl (C=O) groups is 2. The molecular weight excluding hydrogens is 349 g/mol. The van der Waals surface area contributed by atoms with Gasteiger partial charge in [0.2, 0.25) is 11.8 Å². The van der Waals surface area contributed by atoms with Crippen LogP contribution >= 0.6 is 23.2 Å². The molecule has 0 radical (unpaired) electrons. The molecule has 24 heavy (non-hydrogen) atoms. The zero-order valence-corrected chi connectivity index (χ0v) is 14.2. The van der Waals surface area contributed by atoms with Crippen LogP contribution in [0, 0.1) is 5.92 Å². The maximum Gasteiger partial charge on any atom is 0.227 e. The topological polar surface area (TPSA) is 62.3 Å². The normalized spacial score (nSPS) is 17.2. The molecule has 3 rings (SSSR count). The average molecular weight is 364 g/mol. The molecule has 1 aliphatic heterocycles. The minimum absolute atomic E-state index is 0.136. The van der Waals surface area contributed by atoms with Crippen LogP contribution in [0.15, 0.2) is 42.7 Å². The van der Waals surface area contributed by atoms with Crippen LogP contribution in [0.2, 0.25) is 10.0 Å². The Bertz CT molecular complexity index is 768. The molecule has 1 atom stereocenters. The highest BCUT2D eigenvalue weighted by molar-refractivity contribution is 6.35. The molecular formula is C17H15Cl2N3O2. The molecule has 7 heteroatoms. The van der Waals surface area contributed by atoms with Crippen molar-refractivity contribution in [1.29, 1.82) is 0 Å². The highest BCUT2D eigenvalue weighted by Crippen LogP contribution is 2.33. The summed E-state index contributed by atoms with van der Waals surface area (Å²) in [5.74, 6) is -0.696. The highest BCUT2D eigenvalue weighted by Gasteiger charge is 2.35. The van der Waals surface area contributed by atoms with Crippen LogP contribution < -0.4 is 10.2 Å². The molecule has 1 unspecified atom stereocenters. The number of aromatic nitrogens is 1. The Labute approximate surface area is 149 Å². The maximum atomic E-state index is 12.3. The third-order valence-corrected chi connectivity index (χ3v) is 4.47. The van der Waals surface area contributed by atoms with Crippen molar-refractivity contribution in [3.05, 3.63) is 58.3 Å². The number of hydrogen-bond acceptors (Lipinski definition) is 3. The van der Waals surface area contributed by atoms with Crippen molar-refractivity contribution < 1.29 is 9.59 Å². The van der Waals surface area contributed by atoms with Crippen LogP contribution in [0.25, 0.3) is 0 Å². The highest BCUT2D eigenvalue weighted by atomic mass is 35.5. The van der Waals surface area contributed by atoms with Crippen molar-refractivity contribution in [2.45, 2.75) is 13.0 Å². The molecule has 124 valence electrons. The van der Waals surface area contributed by atoms with Crippen molar-refractivity contribution in [1.82, 2.24) is 10.3 Å².